The number of aromatic nitrogens is 1. The smallest absolute Gasteiger partial charge is 0.342 e. The zero-order valence-electron chi connectivity index (χ0n) is 13.2. The van der Waals surface area contributed by atoms with Crippen molar-refractivity contribution in [2.75, 3.05) is 6.54 Å². The minimum absolute atomic E-state index is 0.0639. The van der Waals surface area contributed by atoms with Crippen molar-refractivity contribution in [3.63, 3.8) is 0 Å². The van der Waals surface area contributed by atoms with Crippen molar-refractivity contribution in [1.82, 2.24) is 9.88 Å². The number of rotatable bonds is 3. The molecule has 1 aliphatic rings. The predicted octanol–water partition coefficient (Wildman–Crippen LogP) is 2.87. The van der Waals surface area contributed by atoms with Crippen molar-refractivity contribution >= 4 is 23.5 Å². The van der Waals surface area contributed by atoms with Gasteiger partial charge >= 0.3 is 5.97 Å². The van der Waals surface area contributed by atoms with E-state index in [1.54, 1.807) is 17.9 Å². The standard InChI is InChI=1S/C18H17ClN2O3/c1-12(24-18(23)15-7-4-9-20-16(15)19)17(22)21-10-8-13-5-2-3-6-14(13)11-21/h2-7,9,12H,8,10-11H2,1H3/t12-/m1/s1. The molecule has 0 unspecified atom stereocenters. The molecule has 124 valence electrons. The number of ether oxygens (including phenoxy) is 1. The lowest BCUT2D eigenvalue weighted by Crippen LogP contribution is -2.42. The molecule has 0 bridgehead atoms. The number of nitrogens with zero attached hydrogens (tertiary/aromatic N) is 2. The van der Waals surface area contributed by atoms with Gasteiger partial charge in [0.25, 0.3) is 5.91 Å². The van der Waals surface area contributed by atoms with E-state index in [9.17, 15) is 9.59 Å². The van der Waals surface area contributed by atoms with E-state index >= 15 is 0 Å². The van der Waals surface area contributed by atoms with Crippen LogP contribution in [0, 0.1) is 0 Å². The summed E-state index contributed by atoms with van der Waals surface area (Å²) in [5.74, 6) is -0.857. The maximum atomic E-state index is 12.6. The van der Waals surface area contributed by atoms with Crippen LogP contribution < -0.4 is 0 Å². The number of hydrogen-bond donors (Lipinski definition) is 0. The molecule has 2 heterocycles. The molecule has 0 N–H and O–H groups in total. The quantitative estimate of drug-likeness (QED) is 0.634. The molecule has 2 aromatic rings. The number of benzene rings is 1. The summed E-state index contributed by atoms with van der Waals surface area (Å²) in [6, 6.07) is 11.2. The molecule has 5 nitrogen and oxygen atoms in total. The molecule has 0 aliphatic carbocycles. The van der Waals surface area contributed by atoms with Crippen molar-refractivity contribution in [2.24, 2.45) is 0 Å². The third-order valence-corrected chi connectivity index (χ3v) is 4.35. The number of pyridine rings is 1. The summed E-state index contributed by atoms with van der Waals surface area (Å²) in [6.45, 7) is 2.72. The molecule has 0 saturated heterocycles. The first-order chi connectivity index (χ1) is 11.6. The van der Waals surface area contributed by atoms with Gasteiger partial charge in [0.05, 0.1) is 5.56 Å². The monoisotopic (exact) mass is 344 g/mol. The van der Waals surface area contributed by atoms with Gasteiger partial charge in [-0.3, -0.25) is 4.79 Å². The van der Waals surface area contributed by atoms with Gasteiger partial charge in [0.2, 0.25) is 0 Å². The van der Waals surface area contributed by atoms with Gasteiger partial charge < -0.3 is 9.64 Å². The van der Waals surface area contributed by atoms with Gasteiger partial charge in [-0.15, -0.1) is 0 Å². The summed E-state index contributed by atoms with van der Waals surface area (Å²) in [7, 11) is 0. The van der Waals surface area contributed by atoms with E-state index in [0.717, 1.165) is 12.0 Å². The molecular formula is C18H17ClN2O3. The lowest BCUT2D eigenvalue weighted by molar-refractivity contribution is -0.140. The molecule has 24 heavy (non-hydrogen) atoms. The number of esters is 1. The minimum atomic E-state index is -0.876. The molecule has 1 amide bonds. The van der Waals surface area contributed by atoms with Crippen LogP contribution in [0.15, 0.2) is 42.6 Å². The highest BCUT2D eigenvalue weighted by Crippen LogP contribution is 2.20. The summed E-state index contributed by atoms with van der Waals surface area (Å²) in [5, 5.41) is 0.0639. The van der Waals surface area contributed by atoms with Gasteiger partial charge in [0, 0.05) is 19.3 Å². The van der Waals surface area contributed by atoms with Crippen molar-refractivity contribution in [1.29, 1.82) is 0 Å². The number of amides is 1. The van der Waals surface area contributed by atoms with Gasteiger partial charge in [-0.25, -0.2) is 9.78 Å². The maximum absolute atomic E-state index is 12.6. The van der Waals surface area contributed by atoms with Gasteiger partial charge in [-0.2, -0.15) is 0 Å². The summed E-state index contributed by atoms with van der Waals surface area (Å²) in [5.41, 5.74) is 2.54. The van der Waals surface area contributed by atoms with Crippen molar-refractivity contribution in [3.05, 3.63) is 64.4 Å². The zero-order chi connectivity index (χ0) is 17.1. The highest BCUT2D eigenvalue weighted by atomic mass is 35.5. The van der Waals surface area contributed by atoms with Crippen LogP contribution in [-0.2, 0) is 22.5 Å². The van der Waals surface area contributed by atoms with Crippen LogP contribution in [0.1, 0.15) is 28.4 Å². The Morgan fingerprint density at radius 2 is 1.96 bits per heavy atom. The summed E-state index contributed by atoms with van der Waals surface area (Å²) >= 11 is 5.88. The van der Waals surface area contributed by atoms with Crippen molar-refractivity contribution < 1.29 is 14.3 Å². The third-order valence-electron chi connectivity index (χ3n) is 4.05. The second kappa shape index (κ2) is 7.01. The Morgan fingerprint density at radius 3 is 2.71 bits per heavy atom. The number of carbonyl (C=O) groups excluding carboxylic acids is 2. The van der Waals surface area contributed by atoms with Crippen LogP contribution in [0.25, 0.3) is 0 Å². The van der Waals surface area contributed by atoms with E-state index in [0.29, 0.717) is 13.1 Å². The fourth-order valence-electron chi connectivity index (χ4n) is 2.75. The Balaban J connectivity index is 1.65. The maximum Gasteiger partial charge on any atom is 0.342 e. The van der Waals surface area contributed by atoms with Crippen molar-refractivity contribution in [2.45, 2.75) is 26.0 Å². The highest BCUT2D eigenvalue weighted by molar-refractivity contribution is 6.32. The van der Waals surface area contributed by atoms with E-state index in [1.807, 2.05) is 18.2 Å². The number of carbonyl (C=O) groups is 2. The topological polar surface area (TPSA) is 59.5 Å². The molecule has 1 atom stereocenters. The summed E-state index contributed by atoms with van der Waals surface area (Å²) < 4.78 is 5.27. The third kappa shape index (κ3) is 3.41. The second-order valence-corrected chi connectivity index (χ2v) is 6.03. The lowest BCUT2D eigenvalue weighted by Gasteiger charge is -2.30. The molecule has 0 spiro atoms. The molecular weight excluding hydrogens is 328 g/mol. The summed E-state index contributed by atoms with van der Waals surface area (Å²) in [6.07, 6.45) is 1.41. The molecule has 3 rings (SSSR count). The van der Waals surface area contributed by atoms with Crippen LogP contribution in [-0.4, -0.2) is 34.4 Å². The van der Waals surface area contributed by atoms with Gasteiger partial charge in [0.15, 0.2) is 6.10 Å². The van der Waals surface area contributed by atoms with Crippen LogP contribution >= 0.6 is 11.6 Å². The van der Waals surface area contributed by atoms with Crippen LogP contribution in [0.2, 0.25) is 5.15 Å². The first kappa shape index (κ1) is 16.5. The first-order valence-electron chi connectivity index (χ1n) is 7.73. The average molecular weight is 345 g/mol. The van der Waals surface area contributed by atoms with Crippen LogP contribution in [0.5, 0.6) is 0 Å². The average Bonchev–Trinajstić information content (AvgIpc) is 2.60. The molecule has 1 aromatic carbocycles. The minimum Gasteiger partial charge on any atom is -0.449 e. The fraction of sp³-hybridized carbons (Fsp3) is 0.278. The predicted molar refractivity (Wildman–Crippen MR) is 89.7 cm³/mol. The van der Waals surface area contributed by atoms with Gasteiger partial charge in [0.1, 0.15) is 5.15 Å². The molecule has 1 aliphatic heterocycles. The Kier molecular flexibility index (Phi) is 4.81. The Labute approximate surface area is 145 Å². The second-order valence-electron chi connectivity index (χ2n) is 5.67. The van der Waals surface area contributed by atoms with Crippen LogP contribution in [0.4, 0.5) is 0 Å². The number of halogens is 1. The van der Waals surface area contributed by atoms with E-state index < -0.39 is 12.1 Å². The Bertz CT molecular complexity index is 778. The number of fused-ring (bicyclic) bond motifs is 1. The van der Waals surface area contributed by atoms with E-state index in [4.69, 9.17) is 16.3 Å². The fourth-order valence-corrected chi connectivity index (χ4v) is 2.95. The first-order valence-corrected chi connectivity index (χ1v) is 8.11. The Hall–Kier alpha value is -2.40. The number of hydrogen-bond acceptors (Lipinski definition) is 4. The largest absolute Gasteiger partial charge is 0.449 e. The van der Waals surface area contributed by atoms with E-state index in [1.165, 1.54) is 17.8 Å². The molecule has 0 fully saturated rings. The SMILES string of the molecule is C[C@@H](OC(=O)c1cccnc1Cl)C(=O)N1CCc2ccccc2C1. The molecule has 1 aromatic heterocycles. The zero-order valence-corrected chi connectivity index (χ0v) is 14.0. The summed E-state index contributed by atoms with van der Waals surface area (Å²) in [4.78, 5) is 30.3. The van der Waals surface area contributed by atoms with Crippen molar-refractivity contribution in [3.8, 4) is 0 Å². The van der Waals surface area contributed by atoms with E-state index in [-0.39, 0.29) is 16.6 Å². The molecule has 6 heteroatoms. The lowest BCUT2D eigenvalue weighted by atomic mass is 9.99. The van der Waals surface area contributed by atoms with Gasteiger partial charge in [-0.1, -0.05) is 35.9 Å². The molecule has 0 radical (unpaired) electrons. The van der Waals surface area contributed by atoms with Crippen LogP contribution in [0.3, 0.4) is 0 Å². The van der Waals surface area contributed by atoms with Gasteiger partial charge in [-0.05, 0) is 36.6 Å². The molecule has 0 saturated carbocycles. The normalized spacial score (nSPS) is 14.7. The highest BCUT2D eigenvalue weighted by Gasteiger charge is 2.27. The van der Waals surface area contributed by atoms with E-state index in [2.05, 4.69) is 11.1 Å². The Morgan fingerprint density at radius 1 is 1.21 bits per heavy atom.